The molecule has 3 aliphatic carbocycles. The summed E-state index contributed by atoms with van der Waals surface area (Å²) in [6, 6.07) is 4.83. The molecule has 1 N–H and O–H groups in total. The second-order valence-corrected chi connectivity index (χ2v) is 8.00. The summed E-state index contributed by atoms with van der Waals surface area (Å²) in [5.41, 5.74) is -0.213. The number of hydrogen-bond acceptors (Lipinski definition) is 3. The zero-order valence-corrected chi connectivity index (χ0v) is 13.2. The highest BCUT2D eigenvalue weighted by molar-refractivity contribution is 5.14. The van der Waals surface area contributed by atoms with Crippen LogP contribution in [0, 0.1) is 17.2 Å². The van der Waals surface area contributed by atoms with Gasteiger partial charge in [-0.05, 0) is 76.7 Å². The zero-order valence-electron chi connectivity index (χ0n) is 13.2. The molecular formula is C18H29N3. The van der Waals surface area contributed by atoms with Crippen molar-refractivity contribution in [3.63, 3.8) is 0 Å². The Labute approximate surface area is 129 Å². The summed E-state index contributed by atoms with van der Waals surface area (Å²) < 4.78 is 0. The molecule has 1 aliphatic heterocycles. The van der Waals surface area contributed by atoms with Gasteiger partial charge in [0.25, 0.3) is 0 Å². The molecule has 0 amide bonds. The molecule has 4 unspecified atom stereocenters. The molecule has 0 bridgehead atoms. The van der Waals surface area contributed by atoms with Crippen LogP contribution >= 0.6 is 0 Å². The molecule has 0 aromatic heterocycles. The molecule has 0 aromatic carbocycles. The molecule has 4 atom stereocenters. The lowest BCUT2D eigenvalue weighted by molar-refractivity contribution is 0.0343. The lowest BCUT2D eigenvalue weighted by atomic mass is 9.77. The van der Waals surface area contributed by atoms with Crippen LogP contribution in [0.5, 0.6) is 0 Å². The predicted molar refractivity (Wildman–Crippen MR) is 83.8 cm³/mol. The van der Waals surface area contributed by atoms with Gasteiger partial charge in [0.15, 0.2) is 0 Å². The van der Waals surface area contributed by atoms with Crippen molar-refractivity contribution in [3.8, 4) is 6.07 Å². The molecule has 0 aromatic rings. The minimum atomic E-state index is -0.213. The molecule has 3 heteroatoms. The van der Waals surface area contributed by atoms with Crippen LogP contribution in [0.3, 0.4) is 0 Å². The SMILES string of the molecule is N#CC1(NC2CC2)CCCC(N2CCCC3CCCC32)C1. The van der Waals surface area contributed by atoms with Crippen LogP contribution in [0.1, 0.15) is 70.6 Å². The minimum absolute atomic E-state index is 0.213. The normalized spacial score (nSPS) is 44.2. The Morgan fingerprint density at radius 1 is 1.00 bits per heavy atom. The number of rotatable bonds is 3. The number of fused-ring (bicyclic) bond motifs is 1. The maximum Gasteiger partial charge on any atom is 0.108 e. The van der Waals surface area contributed by atoms with Crippen LogP contribution < -0.4 is 5.32 Å². The van der Waals surface area contributed by atoms with Crippen LogP contribution in [0.25, 0.3) is 0 Å². The molecule has 0 radical (unpaired) electrons. The third-order valence-corrected chi connectivity index (χ3v) is 6.50. The van der Waals surface area contributed by atoms with E-state index in [2.05, 4.69) is 16.3 Å². The van der Waals surface area contributed by atoms with Crippen molar-refractivity contribution < 1.29 is 0 Å². The summed E-state index contributed by atoms with van der Waals surface area (Å²) in [5.74, 6) is 0.966. The topological polar surface area (TPSA) is 39.1 Å². The van der Waals surface area contributed by atoms with E-state index >= 15 is 0 Å². The molecule has 4 rings (SSSR count). The molecular weight excluding hydrogens is 258 g/mol. The summed E-state index contributed by atoms with van der Waals surface area (Å²) in [6.07, 6.45) is 14.4. The molecule has 4 aliphatic rings. The van der Waals surface area contributed by atoms with Gasteiger partial charge in [-0.3, -0.25) is 10.2 Å². The van der Waals surface area contributed by atoms with Crippen molar-refractivity contribution in [2.45, 2.75) is 94.3 Å². The van der Waals surface area contributed by atoms with Crippen LogP contribution in [-0.2, 0) is 0 Å². The fourth-order valence-corrected chi connectivity index (χ4v) is 5.36. The maximum atomic E-state index is 9.79. The van der Waals surface area contributed by atoms with Crippen molar-refractivity contribution in [2.24, 2.45) is 5.92 Å². The Hall–Kier alpha value is -0.590. The van der Waals surface area contributed by atoms with E-state index in [4.69, 9.17) is 0 Å². The van der Waals surface area contributed by atoms with Gasteiger partial charge < -0.3 is 0 Å². The molecule has 1 saturated heterocycles. The number of hydrogen-bond donors (Lipinski definition) is 1. The largest absolute Gasteiger partial charge is 0.297 e. The first-order valence-corrected chi connectivity index (χ1v) is 9.24. The number of nitriles is 1. The first kappa shape index (κ1) is 14.0. The predicted octanol–water partition coefficient (Wildman–Crippen LogP) is 3.21. The van der Waals surface area contributed by atoms with Crippen molar-refractivity contribution in [2.75, 3.05) is 6.54 Å². The summed E-state index contributed by atoms with van der Waals surface area (Å²) in [4.78, 5) is 2.83. The average Bonchev–Trinajstić information content (AvgIpc) is 3.19. The van der Waals surface area contributed by atoms with Gasteiger partial charge in [-0.2, -0.15) is 5.26 Å². The first-order chi connectivity index (χ1) is 10.3. The third kappa shape index (κ3) is 2.73. The van der Waals surface area contributed by atoms with Crippen LogP contribution in [0.4, 0.5) is 0 Å². The third-order valence-electron chi connectivity index (χ3n) is 6.50. The number of likely N-dealkylation sites (tertiary alicyclic amines) is 1. The zero-order chi connectivity index (χ0) is 14.3. The molecule has 4 fully saturated rings. The number of nitrogens with one attached hydrogen (secondary N) is 1. The van der Waals surface area contributed by atoms with Crippen molar-refractivity contribution in [1.82, 2.24) is 10.2 Å². The second-order valence-electron chi connectivity index (χ2n) is 8.00. The maximum absolute atomic E-state index is 9.79. The van der Waals surface area contributed by atoms with E-state index < -0.39 is 0 Å². The summed E-state index contributed by atoms with van der Waals surface area (Å²) in [5, 5.41) is 13.5. The Balaban J connectivity index is 1.47. The lowest BCUT2D eigenvalue weighted by Gasteiger charge is -2.47. The van der Waals surface area contributed by atoms with E-state index in [0.29, 0.717) is 12.1 Å². The lowest BCUT2D eigenvalue weighted by Crippen LogP contribution is -2.56. The highest BCUT2D eigenvalue weighted by atomic mass is 15.2. The molecule has 116 valence electrons. The number of nitrogens with zero attached hydrogens (tertiary/aromatic N) is 2. The first-order valence-electron chi connectivity index (χ1n) is 9.24. The van der Waals surface area contributed by atoms with E-state index in [1.54, 1.807) is 0 Å². The van der Waals surface area contributed by atoms with Gasteiger partial charge in [0.1, 0.15) is 5.54 Å². The van der Waals surface area contributed by atoms with Gasteiger partial charge in [0.2, 0.25) is 0 Å². The molecule has 3 nitrogen and oxygen atoms in total. The van der Waals surface area contributed by atoms with Gasteiger partial charge in [-0.15, -0.1) is 0 Å². The smallest absolute Gasteiger partial charge is 0.108 e. The Bertz CT molecular complexity index is 425. The summed E-state index contributed by atoms with van der Waals surface area (Å²) in [7, 11) is 0. The van der Waals surface area contributed by atoms with Crippen LogP contribution in [0.15, 0.2) is 0 Å². The average molecular weight is 287 g/mol. The monoisotopic (exact) mass is 287 g/mol. The van der Waals surface area contributed by atoms with E-state index in [0.717, 1.165) is 24.8 Å². The van der Waals surface area contributed by atoms with Gasteiger partial charge in [-0.1, -0.05) is 6.42 Å². The van der Waals surface area contributed by atoms with Crippen molar-refractivity contribution >= 4 is 0 Å². The van der Waals surface area contributed by atoms with Crippen molar-refractivity contribution in [1.29, 1.82) is 5.26 Å². The quantitative estimate of drug-likeness (QED) is 0.866. The van der Waals surface area contributed by atoms with Gasteiger partial charge in [0.05, 0.1) is 6.07 Å². The Morgan fingerprint density at radius 2 is 1.86 bits per heavy atom. The summed E-state index contributed by atoms with van der Waals surface area (Å²) >= 11 is 0. The van der Waals surface area contributed by atoms with E-state index in [1.807, 2.05) is 0 Å². The highest BCUT2D eigenvalue weighted by Crippen LogP contribution is 2.42. The Kier molecular flexibility index (Phi) is 3.71. The van der Waals surface area contributed by atoms with Gasteiger partial charge in [-0.25, -0.2) is 0 Å². The highest BCUT2D eigenvalue weighted by Gasteiger charge is 2.45. The molecule has 1 heterocycles. The van der Waals surface area contributed by atoms with E-state index in [-0.39, 0.29) is 5.54 Å². The van der Waals surface area contributed by atoms with E-state index in [1.165, 1.54) is 64.3 Å². The fraction of sp³-hybridized carbons (Fsp3) is 0.944. The van der Waals surface area contributed by atoms with Crippen LogP contribution in [-0.4, -0.2) is 35.1 Å². The van der Waals surface area contributed by atoms with Gasteiger partial charge in [0, 0.05) is 18.1 Å². The number of piperidine rings is 1. The fourth-order valence-electron chi connectivity index (χ4n) is 5.36. The molecule has 3 saturated carbocycles. The standard InChI is InChI=1S/C18H29N3/c19-13-18(20-15-8-9-15)10-2-6-16(12-18)21-11-3-5-14-4-1-7-17(14)21/h14-17,20H,1-12H2. The second kappa shape index (κ2) is 5.56. The molecule has 21 heavy (non-hydrogen) atoms. The Morgan fingerprint density at radius 3 is 2.67 bits per heavy atom. The van der Waals surface area contributed by atoms with E-state index in [9.17, 15) is 5.26 Å². The van der Waals surface area contributed by atoms with Crippen LogP contribution in [0.2, 0.25) is 0 Å². The minimum Gasteiger partial charge on any atom is -0.297 e. The summed E-state index contributed by atoms with van der Waals surface area (Å²) in [6.45, 7) is 1.29. The van der Waals surface area contributed by atoms with Gasteiger partial charge >= 0.3 is 0 Å². The van der Waals surface area contributed by atoms with Crippen molar-refractivity contribution in [3.05, 3.63) is 0 Å². The molecule has 0 spiro atoms.